The SMILES string of the molecule is COc1ccc(C2C(C#N)=C(N)Oc3c2c(=O)n(C)c2ccccc32)c(OC)c1. The fourth-order valence-electron chi connectivity index (χ4n) is 3.79. The molecule has 7 nitrogen and oxygen atoms in total. The number of nitriles is 1. The van der Waals surface area contributed by atoms with Gasteiger partial charge in [-0.15, -0.1) is 0 Å². The first kappa shape index (κ1) is 18.4. The highest BCUT2D eigenvalue weighted by molar-refractivity contribution is 5.88. The first-order chi connectivity index (χ1) is 14.0. The second-order valence-corrected chi connectivity index (χ2v) is 6.66. The zero-order valence-corrected chi connectivity index (χ0v) is 16.2. The molecule has 1 aliphatic heterocycles. The molecule has 1 aromatic heterocycles. The second-order valence-electron chi connectivity index (χ2n) is 6.66. The summed E-state index contributed by atoms with van der Waals surface area (Å²) in [4.78, 5) is 13.3. The Morgan fingerprint density at radius 1 is 1.17 bits per heavy atom. The van der Waals surface area contributed by atoms with Crippen molar-refractivity contribution in [1.29, 1.82) is 5.26 Å². The Kier molecular flexibility index (Phi) is 4.40. The fraction of sp³-hybridized carbons (Fsp3) is 0.182. The third-order valence-electron chi connectivity index (χ3n) is 5.22. The lowest BCUT2D eigenvalue weighted by molar-refractivity contribution is 0.382. The molecular formula is C22H19N3O4. The zero-order chi connectivity index (χ0) is 20.7. The molecule has 7 heteroatoms. The molecule has 2 aromatic carbocycles. The van der Waals surface area contributed by atoms with Gasteiger partial charge in [0.25, 0.3) is 5.56 Å². The molecule has 0 saturated heterocycles. The van der Waals surface area contributed by atoms with Crippen LogP contribution in [-0.2, 0) is 7.05 Å². The summed E-state index contributed by atoms with van der Waals surface area (Å²) in [6, 6.07) is 14.8. The van der Waals surface area contributed by atoms with Crippen molar-refractivity contribution in [3.8, 4) is 23.3 Å². The summed E-state index contributed by atoms with van der Waals surface area (Å²) in [6.45, 7) is 0. The van der Waals surface area contributed by atoms with Gasteiger partial charge in [-0.05, 0) is 18.2 Å². The van der Waals surface area contributed by atoms with Crippen molar-refractivity contribution in [2.45, 2.75) is 5.92 Å². The smallest absolute Gasteiger partial charge is 0.258 e. The van der Waals surface area contributed by atoms with Crippen molar-refractivity contribution >= 4 is 10.9 Å². The van der Waals surface area contributed by atoms with Gasteiger partial charge >= 0.3 is 0 Å². The van der Waals surface area contributed by atoms with Crippen molar-refractivity contribution in [2.24, 2.45) is 12.8 Å². The van der Waals surface area contributed by atoms with Crippen LogP contribution in [0.3, 0.4) is 0 Å². The molecule has 0 aliphatic carbocycles. The van der Waals surface area contributed by atoms with E-state index in [2.05, 4.69) is 6.07 Å². The minimum absolute atomic E-state index is 0.0266. The lowest BCUT2D eigenvalue weighted by atomic mass is 9.83. The molecule has 0 radical (unpaired) electrons. The van der Waals surface area contributed by atoms with E-state index in [1.807, 2.05) is 24.3 Å². The first-order valence-corrected chi connectivity index (χ1v) is 8.93. The van der Waals surface area contributed by atoms with Gasteiger partial charge in [0.05, 0.1) is 31.2 Å². The molecule has 2 heterocycles. The van der Waals surface area contributed by atoms with Gasteiger partial charge in [-0.25, -0.2) is 0 Å². The van der Waals surface area contributed by atoms with Gasteiger partial charge in [0.2, 0.25) is 5.88 Å². The number of aromatic nitrogens is 1. The minimum atomic E-state index is -0.729. The molecule has 1 aliphatic rings. The van der Waals surface area contributed by atoms with E-state index in [4.69, 9.17) is 19.9 Å². The molecule has 4 rings (SSSR count). The van der Waals surface area contributed by atoms with Crippen LogP contribution >= 0.6 is 0 Å². The molecule has 146 valence electrons. The van der Waals surface area contributed by atoms with Gasteiger partial charge in [-0.1, -0.05) is 18.2 Å². The topological polar surface area (TPSA) is 99.5 Å². The van der Waals surface area contributed by atoms with E-state index in [0.29, 0.717) is 33.9 Å². The molecule has 2 N–H and O–H groups in total. The van der Waals surface area contributed by atoms with Gasteiger partial charge in [-0.2, -0.15) is 5.26 Å². The van der Waals surface area contributed by atoms with E-state index in [9.17, 15) is 10.1 Å². The summed E-state index contributed by atoms with van der Waals surface area (Å²) >= 11 is 0. The molecule has 0 fully saturated rings. The number of hydrogen-bond acceptors (Lipinski definition) is 6. The standard InChI is InChI=1S/C22H19N3O4/c1-25-16-7-5-4-6-13(16)20-19(22(25)26)18(15(11-23)21(24)29-20)14-9-8-12(27-2)10-17(14)28-3/h4-10,18H,24H2,1-3H3. The maximum absolute atomic E-state index is 13.3. The average molecular weight is 389 g/mol. The molecule has 0 spiro atoms. The molecule has 1 unspecified atom stereocenters. The summed E-state index contributed by atoms with van der Waals surface area (Å²) in [5.74, 6) is 0.690. The van der Waals surface area contributed by atoms with Gasteiger partial charge in [0, 0.05) is 24.1 Å². The fourth-order valence-corrected chi connectivity index (χ4v) is 3.79. The molecule has 29 heavy (non-hydrogen) atoms. The summed E-state index contributed by atoms with van der Waals surface area (Å²) in [6.07, 6.45) is 0. The van der Waals surface area contributed by atoms with Crippen LogP contribution < -0.4 is 25.5 Å². The molecule has 0 bridgehead atoms. The molecule has 3 aromatic rings. The predicted octanol–water partition coefficient (Wildman–Crippen LogP) is 2.77. The van der Waals surface area contributed by atoms with E-state index >= 15 is 0 Å². The number of benzene rings is 2. The highest BCUT2D eigenvalue weighted by Gasteiger charge is 2.36. The quantitative estimate of drug-likeness (QED) is 0.739. The number of pyridine rings is 1. The number of allylic oxidation sites excluding steroid dienone is 1. The molecule has 1 atom stereocenters. The Morgan fingerprint density at radius 3 is 2.62 bits per heavy atom. The van der Waals surface area contributed by atoms with Crippen molar-refractivity contribution < 1.29 is 14.2 Å². The van der Waals surface area contributed by atoms with Crippen LogP contribution in [0, 0.1) is 11.3 Å². The van der Waals surface area contributed by atoms with E-state index in [1.165, 1.54) is 7.11 Å². The lowest BCUT2D eigenvalue weighted by Gasteiger charge is -2.28. The Labute approximate surface area is 167 Å². The molecular weight excluding hydrogens is 370 g/mol. The zero-order valence-electron chi connectivity index (χ0n) is 16.2. The van der Waals surface area contributed by atoms with Gasteiger partial charge in [0.1, 0.15) is 28.9 Å². The van der Waals surface area contributed by atoms with Crippen LogP contribution in [0.15, 0.2) is 58.7 Å². The van der Waals surface area contributed by atoms with Crippen molar-refractivity contribution in [3.05, 3.63) is 75.4 Å². The van der Waals surface area contributed by atoms with Crippen molar-refractivity contribution in [2.75, 3.05) is 14.2 Å². The predicted molar refractivity (Wildman–Crippen MR) is 108 cm³/mol. The summed E-state index contributed by atoms with van der Waals surface area (Å²) in [7, 11) is 4.77. The number of nitrogens with two attached hydrogens (primary N) is 1. The van der Waals surface area contributed by atoms with E-state index in [-0.39, 0.29) is 17.0 Å². The first-order valence-electron chi connectivity index (χ1n) is 8.93. The van der Waals surface area contributed by atoms with Crippen LogP contribution in [0.1, 0.15) is 17.0 Å². The van der Waals surface area contributed by atoms with E-state index < -0.39 is 5.92 Å². The molecule has 0 amide bonds. The number of rotatable bonds is 3. The summed E-state index contributed by atoms with van der Waals surface area (Å²) in [5.41, 5.74) is 7.71. The number of ether oxygens (including phenoxy) is 3. The van der Waals surface area contributed by atoms with Crippen LogP contribution in [0.2, 0.25) is 0 Å². The van der Waals surface area contributed by atoms with Crippen LogP contribution in [-0.4, -0.2) is 18.8 Å². The van der Waals surface area contributed by atoms with Gasteiger partial charge in [-0.3, -0.25) is 4.79 Å². The van der Waals surface area contributed by atoms with Crippen LogP contribution in [0.5, 0.6) is 17.2 Å². The number of fused-ring (bicyclic) bond motifs is 3. The Hall–Kier alpha value is -3.92. The van der Waals surface area contributed by atoms with E-state index in [0.717, 1.165) is 5.39 Å². The van der Waals surface area contributed by atoms with Crippen LogP contribution in [0.4, 0.5) is 0 Å². The number of aryl methyl sites for hydroxylation is 1. The third kappa shape index (κ3) is 2.69. The summed E-state index contributed by atoms with van der Waals surface area (Å²) in [5, 5.41) is 10.6. The Bertz CT molecular complexity index is 1270. The monoisotopic (exact) mass is 389 g/mol. The highest BCUT2D eigenvalue weighted by Crippen LogP contribution is 2.46. The lowest BCUT2D eigenvalue weighted by Crippen LogP contribution is -2.31. The average Bonchev–Trinajstić information content (AvgIpc) is 2.76. The normalized spacial score (nSPS) is 15.4. The number of para-hydroxylation sites is 1. The van der Waals surface area contributed by atoms with Crippen molar-refractivity contribution in [1.82, 2.24) is 4.57 Å². The Balaban J connectivity index is 2.11. The molecule has 0 saturated carbocycles. The number of hydrogen-bond donors (Lipinski definition) is 1. The van der Waals surface area contributed by atoms with E-state index in [1.54, 1.807) is 36.9 Å². The highest BCUT2D eigenvalue weighted by atomic mass is 16.5. The second kappa shape index (κ2) is 6.91. The van der Waals surface area contributed by atoms with Crippen LogP contribution in [0.25, 0.3) is 10.9 Å². The summed E-state index contributed by atoms with van der Waals surface area (Å²) < 4.78 is 18.2. The Morgan fingerprint density at radius 2 is 1.93 bits per heavy atom. The third-order valence-corrected chi connectivity index (χ3v) is 5.22. The minimum Gasteiger partial charge on any atom is -0.497 e. The maximum atomic E-state index is 13.3. The van der Waals surface area contributed by atoms with Crippen molar-refractivity contribution in [3.63, 3.8) is 0 Å². The number of nitrogens with zero attached hydrogens (tertiary/aromatic N) is 2. The maximum Gasteiger partial charge on any atom is 0.258 e. The van der Waals surface area contributed by atoms with Gasteiger partial charge in [0.15, 0.2) is 0 Å². The number of methoxy groups -OCH3 is 2. The largest absolute Gasteiger partial charge is 0.497 e. The van der Waals surface area contributed by atoms with Gasteiger partial charge < -0.3 is 24.5 Å².